The summed E-state index contributed by atoms with van der Waals surface area (Å²) >= 11 is 0. The van der Waals surface area contributed by atoms with Gasteiger partial charge < -0.3 is 4.90 Å². The Bertz CT molecular complexity index is 555. The van der Waals surface area contributed by atoms with Crippen LogP contribution >= 0.6 is 0 Å². The van der Waals surface area contributed by atoms with E-state index in [9.17, 15) is 0 Å². The van der Waals surface area contributed by atoms with Crippen LogP contribution < -0.4 is 0 Å². The van der Waals surface area contributed by atoms with Gasteiger partial charge in [0.05, 0.1) is 0 Å². The summed E-state index contributed by atoms with van der Waals surface area (Å²) in [7, 11) is 0. The molecule has 0 aromatic carbocycles. The average molecular weight is 542 g/mol. The van der Waals surface area contributed by atoms with Crippen molar-refractivity contribution in [3.63, 3.8) is 0 Å². The molecule has 1 nitrogen and oxygen atoms in total. The summed E-state index contributed by atoms with van der Waals surface area (Å²) in [6.45, 7) is 10.8. The summed E-state index contributed by atoms with van der Waals surface area (Å²) in [4.78, 5) is 2.74. The molecule has 0 amide bonds. The Hall–Kier alpha value is -1.08. The maximum atomic E-state index is 2.74. The Morgan fingerprint density at radius 1 is 0.308 bits per heavy atom. The highest BCUT2D eigenvalue weighted by molar-refractivity contribution is 4.93. The maximum absolute atomic E-state index is 2.74. The molecular weight excluding hydrogens is 470 g/mol. The Kier molecular flexibility index (Phi) is 34.0. The number of unbranched alkanes of at least 4 members (excludes halogenated alkanes) is 17. The lowest BCUT2D eigenvalue weighted by Crippen LogP contribution is -2.27. The van der Waals surface area contributed by atoms with Crippen molar-refractivity contribution in [3.05, 3.63) is 48.6 Å². The lowest BCUT2D eigenvalue weighted by atomic mass is 10.1. The van der Waals surface area contributed by atoms with E-state index in [0.29, 0.717) is 0 Å². The summed E-state index contributed by atoms with van der Waals surface area (Å²) < 4.78 is 0. The van der Waals surface area contributed by atoms with Crippen molar-refractivity contribution in [2.75, 3.05) is 19.6 Å². The van der Waals surface area contributed by atoms with Crippen LogP contribution in [0.4, 0.5) is 0 Å². The molecule has 0 aliphatic heterocycles. The molecule has 0 aliphatic carbocycles. The molecule has 0 rings (SSSR count). The minimum atomic E-state index is 1.12. The third-order valence-corrected chi connectivity index (χ3v) is 7.64. The monoisotopic (exact) mass is 542 g/mol. The van der Waals surface area contributed by atoms with Crippen molar-refractivity contribution in [1.29, 1.82) is 0 Å². The highest BCUT2D eigenvalue weighted by Crippen LogP contribution is 2.11. The molecule has 0 fully saturated rings. The van der Waals surface area contributed by atoms with Crippen LogP contribution in [0.2, 0.25) is 0 Å². The van der Waals surface area contributed by atoms with Gasteiger partial charge >= 0.3 is 0 Å². The molecule has 0 heterocycles. The molecule has 0 aromatic heterocycles. The van der Waals surface area contributed by atoms with Crippen LogP contribution in [0.5, 0.6) is 0 Å². The molecule has 0 saturated heterocycles. The molecule has 0 aromatic rings. The maximum Gasteiger partial charge on any atom is -0.00187 e. The molecule has 39 heavy (non-hydrogen) atoms. The fourth-order valence-corrected chi connectivity index (χ4v) is 5.11. The van der Waals surface area contributed by atoms with Crippen molar-refractivity contribution >= 4 is 0 Å². The second-order valence-corrected chi connectivity index (χ2v) is 11.7. The highest BCUT2D eigenvalue weighted by atomic mass is 15.1. The predicted molar refractivity (Wildman–Crippen MR) is 181 cm³/mol. The molecule has 0 unspecified atom stereocenters. The van der Waals surface area contributed by atoms with Crippen molar-refractivity contribution in [2.45, 2.75) is 175 Å². The molecule has 0 N–H and O–H groups in total. The van der Waals surface area contributed by atoms with E-state index < -0.39 is 0 Å². The van der Waals surface area contributed by atoms with Crippen molar-refractivity contribution in [3.8, 4) is 0 Å². The number of allylic oxidation sites excluding steroid dienone is 8. The van der Waals surface area contributed by atoms with E-state index in [2.05, 4.69) is 74.3 Å². The Balaban J connectivity index is 3.51. The molecule has 1 heteroatoms. The smallest absolute Gasteiger partial charge is 0.00187 e. The lowest BCUT2D eigenvalue weighted by Gasteiger charge is -2.21. The van der Waals surface area contributed by atoms with Gasteiger partial charge in [0.15, 0.2) is 0 Å². The minimum absolute atomic E-state index is 1.12. The van der Waals surface area contributed by atoms with Crippen LogP contribution in [0.15, 0.2) is 48.6 Å². The quantitative estimate of drug-likeness (QED) is 0.0623. The first-order chi connectivity index (χ1) is 19.3. The zero-order valence-corrected chi connectivity index (χ0v) is 27.2. The van der Waals surface area contributed by atoms with Gasteiger partial charge in [-0.25, -0.2) is 0 Å². The molecule has 0 atom stereocenters. The summed E-state index contributed by atoms with van der Waals surface area (Å²) in [6.07, 6.45) is 51.0. The van der Waals surface area contributed by atoms with E-state index in [1.54, 1.807) is 0 Å². The van der Waals surface area contributed by atoms with Crippen LogP contribution in [-0.2, 0) is 0 Å². The Morgan fingerprint density at radius 3 is 1.08 bits per heavy atom. The molecule has 0 spiro atoms. The van der Waals surface area contributed by atoms with Gasteiger partial charge in [0, 0.05) is 0 Å². The number of nitrogens with zero attached hydrogens (tertiary/aromatic N) is 1. The van der Waals surface area contributed by atoms with E-state index >= 15 is 0 Å². The normalized spacial score (nSPS) is 12.5. The summed E-state index contributed by atoms with van der Waals surface area (Å²) in [5.41, 5.74) is 0. The third-order valence-electron chi connectivity index (χ3n) is 7.64. The van der Waals surface area contributed by atoms with Gasteiger partial charge in [-0.3, -0.25) is 0 Å². The van der Waals surface area contributed by atoms with Gasteiger partial charge in [-0.15, -0.1) is 0 Å². The second-order valence-electron chi connectivity index (χ2n) is 11.7. The van der Waals surface area contributed by atoms with Gasteiger partial charge in [-0.1, -0.05) is 146 Å². The highest BCUT2D eigenvalue weighted by Gasteiger charge is 2.03. The predicted octanol–water partition coefficient (Wildman–Crippen LogP) is 12.9. The molecule has 228 valence electrons. The van der Waals surface area contributed by atoms with E-state index in [1.807, 2.05) is 0 Å². The van der Waals surface area contributed by atoms with Crippen molar-refractivity contribution < 1.29 is 0 Å². The minimum Gasteiger partial charge on any atom is -0.303 e. The Labute approximate surface area is 247 Å². The Morgan fingerprint density at radius 2 is 0.667 bits per heavy atom. The molecule has 0 radical (unpaired) electrons. The third kappa shape index (κ3) is 33.0. The van der Waals surface area contributed by atoms with Gasteiger partial charge in [0.2, 0.25) is 0 Å². The van der Waals surface area contributed by atoms with E-state index in [-0.39, 0.29) is 0 Å². The molecule has 0 bridgehead atoms. The molecule has 0 saturated carbocycles. The number of rotatable bonds is 31. The van der Waals surface area contributed by atoms with Crippen LogP contribution in [0.25, 0.3) is 0 Å². The number of hydrogen-bond donors (Lipinski definition) is 0. The summed E-state index contributed by atoms with van der Waals surface area (Å²) in [5, 5.41) is 0. The largest absolute Gasteiger partial charge is 0.303 e. The van der Waals surface area contributed by atoms with Gasteiger partial charge in [0.25, 0.3) is 0 Å². The van der Waals surface area contributed by atoms with E-state index in [4.69, 9.17) is 0 Å². The van der Waals surface area contributed by atoms with Crippen LogP contribution in [0.3, 0.4) is 0 Å². The number of hydrogen-bond acceptors (Lipinski definition) is 1. The second kappa shape index (κ2) is 34.9. The summed E-state index contributed by atoms with van der Waals surface area (Å²) in [6, 6.07) is 0. The van der Waals surface area contributed by atoms with Crippen molar-refractivity contribution in [1.82, 2.24) is 4.90 Å². The van der Waals surface area contributed by atoms with E-state index in [0.717, 1.165) is 12.8 Å². The van der Waals surface area contributed by atoms with Crippen LogP contribution in [-0.4, -0.2) is 24.5 Å². The fraction of sp³-hybridized carbons (Fsp3) is 0.789. The first kappa shape index (κ1) is 37.9. The zero-order valence-electron chi connectivity index (χ0n) is 27.2. The average Bonchev–Trinajstić information content (AvgIpc) is 2.94. The van der Waals surface area contributed by atoms with Gasteiger partial charge in [-0.2, -0.15) is 0 Å². The standard InChI is InChI=1S/C38H71N/c1-4-7-9-11-13-15-17-19-21-23-25-27-29-31-33-35-38-39(36-6-3)37-34-32-30-28-26-24-22-20-18-16-14-12-10-8-5-2/h12-15,18-21H,4-11,16-17,22-38H2,1-3H3/b14-12-,15-13-,20-18-,21-19-. The van der Waals surface area contributed by atoms with Gasteiger partial charge in [0.1, 0.15) is 0 Å². The topological polar surface area (TPSA) is 3.24 Å². The lowest BCUT2D eigenvalue weighted by molar-refractivity contribution is 0.260. The van der Waals surface area contributed by atoms with Crippen LogP contribution in [0, 0.1) is 0 Å². The fourth-order valence-electron chi connectivity index (χ4n) is 5.11. The van der Waals surface area contributed by atoms with Gasteiger partial charge in [-0.05, 0) is 96.7 Å². The molecular formula is C38H71N. The molecule has 0 aliphatic rings. The summed E-state index contributed by atoms with van der Waals surface area (Å²) in [5.74, 6) is 0. The SMILES string of the molecule is CCCC/C=C\C/C=C\CCCCCCCCN(CCC)CCCCCCCC/C=C\C/C=C\CCCCC. The first-order valence-corrected chi connectivity index (χ1v) is 17.7. The van der Waals surface area contributed by atoms with Crippen LogP contribution in [0.1, 0.15) is 175 Å². The zero-order chi connectivity index (χ0) is 28.3. The first-order valence-electron chi connectivity index (χ1n) is 17.7. The van der Waals surface area contributed by atoms with Crippen molar-refractivity contribution in [2.24, 2.45) is 0 Å². The van der Waals surface area contributed by atoms with E-state index in [1.165, 1.54) is 161 Å².